The highest BCUT2D eigenvalue weighted by Crippen LogP contribution is 2.33. The van der Waals surface area contributed by atoms with E-state index in [1.165, 1.54) is 0 Å². The molecule has 1 N–H and O–H groups in total. The molecular formula is C21H28N2O3S. The van der Waals surface area contributed by atoms with Crippen molar-refractivity contribution in [1.82, 2.24) is 0 Å². The molecule has 146 valence electrons. The van der Waals surface area contributed by atoms with Crippen LogP contribution in [0.5, 0.6) is 0 Å². The largest absolute Gasteiger partial charge is 0.378 e. The standard InChI is InChI=1S/C21H28N2O3S/c1-14-15(2)17(4)21(18(5)16(14)3)27(24,25)22-19-8-6-7-9-20(19)23-10-12-26-13-11-23/h6-9,22H,10-13H2,1-5H3. The van der Waals surface area contributed by atoms with Crippen molar-refractivity contribution in [2.45, 2.75) is 39.5 Å². The lowest BCUT2D eigenvalue weighted by molar-refractivity contribution is 0.123. The summed E-state index contributed by atoms with van der Waals surface area (Å²) in [5.74, 6) is 0. The Morgan fingerprint density at radius 2 is 1.37 bits per heavy atom. The number of para-hydroxylation sites is 2. The van der Waals surface area contributed by atoms with Gasteiger partial charge in [-0.15, -0.1) is 0 Å². The van der Waals surface area contributed by atoms with E-state index in [0.29, 0.717) is 23.8 Å². The number of benzene rings is 2. The van der Waals surface area contributed by atoms with Crippen molar-refractivity contribution in [2.24, 2.45) is 0 Å². The zero-order valence-electron chi connectivity index (χ0n) is 16.7. The van der Waals surface area contributed by atoms with Crippen LogP contribution >= 0.6 is 0 Å². The van der Waals surface area contributed by atoms with Gasteiger partial charge < -0.3 is 9.64 Å². The van der Waals surface area contributed by atoms with Crippen LogP contribution in [-0.4, -0.2) is 34.7 Å². The van der Waals surface area contributed by atoms with Crippen molar-refractivity contribution in [2.75, 3.05) is 35.9 Å². The van der Waals surface area contributed by atoms with Gasteiger partial charge in [-0.3, -0.25) is 4.72 Å². The first-order valence-electron chi connectivity index (χ1n) is 9.25. The number of nitrogens with one attached hydrogen (secondary N) is 1. The smallest absolute Gasteiger partial charge is 0.262 e. The topological polar surface area (TPSA) is 58.6 Å². The van der Waals surface area contributed by atoms with Gasteiger partial charge in [-0.05, 0) is 74.6 Å². The van der Waals surface area contributed by atoms with E-state index in [-0.39, 0.29) is 0 Å². The zero-order chi connectivity index (χ0) is 19.8. The van der Waals surface area contributed by atoms with E-state index in [9.17, 15) is 8.42 Å². The Hall–Kier alpha value is -2.05. The van der Waals surface area contributed by atoms with Gasteiger partial charge in [0.2, 0.25) is 0 Å². The Balaban J connectivity index is 2.05. The quantitative estimate of drug-likeness (QED) is 0.864. The minimum Gasteiger partial charge on any atom is -0.378 e. The minimum absolute atomic E-state index is 0.389. The second kappa shape index (κ2) is 7.52. The number of hydrogen-bond donors (Lipinski definition) is 1. The van der Waals surface area contributed by atoms with Crippen molar-refractivity contribution in [3.63, 3.8) is 0 Å². The van der Waals surface area contributed by atoms with Crippen molar-refractivity contribution < 1.29 is 13.2 Å². The molecule has 3 rings (SSSR count). The van der Waals surface area contributed by atoms with E-state index in [2.05, 4.69) is 9.62 Å². The molecule has 0 unspecified atom stereocenters. The van der Waals surface area contributed by atoms with Crippen molar-refractivity contribution in [3.8, 4) is 0 Å². The van der Waals surface area contributed by atoms with Crippen LogP contribution in [0.3, 0.4) is 0 Å². The minimum atomic E-state index is -3.71. The number of hydrogen-bond acceptors (Lipinski definition) is 4. The second-order valence-electron chi connectivity index (χ2n) is 7.18. The number of rotatable bonds is 4. The first kappa shape index (κ1) is 19.7. The SMILES string of the molecule is Cc1c(C)c(C)c(S(=O)(=O)Nc2ccccc2N2CCOCC2)c(C)c1C. The zero-order valence-corrected chi connectivity index (χ0v) is 17.5. The van der Waals surface area contributed by atoms with Gasteiger partial charge in [0.15, 0.2) is 0 Å². The molecule has 1 heterocycles. The molecule has 0 atom stereocenters. The molecule has 0 bridgehead atoms. The van der Waals surface area contributed by atoms with Gasteiger partial charge in [0.05, 0.1) is 29.5 Å². The summed E-state index contributed by atoms with van der Waals surface area (Å²) in [5, 5.41) is 0. The highest BCUT2D eigenvalue weighted by atomic mass is 32.2. The van der Waals surface area contributed by atoms with E-state index in [0.717, 1.165) is 46.6 Å². The Morgan fingerprint density at radius 1 is 0.852 bits per heavy atom. The van der Waals surface area contributed by atoms with Gasteiger partial charge in [-0.25, -0.2) is 8.42 Å². The maximum Gasteiger partial charge on any atom is 0.262 e. The molecule has 0 amide bonds. The van der Waals surface area contributed by atoms with Gasteiger partial charge in [0.1, 0.15) is 0 Å². The molecule has 6 heteroatoms. The van der Waals surface area contributed by atoms with E-state index in [4.69, 9.17) is 4.74 Å². The number of sulfonamides is 1. The normalized spacial score (nSPS) is 15.1. The fourth-order valence-electron chi connectivity index (χ4n) is 3.70. The van der Waals surface area contributed by atoms with Crippen LogP contribution in [-0.2, 0) is 14.8 Å². The molecule has 0 aliphatic carbocycles. The maximum absolute atomic E-state index is 13.3. The van der Waals surface area contributed by atoms with Crippen molar-refractivity contribution in [3.05, 3.63) is 52.1 Å². The first-order valence-corrected chi connectivity index (χ1v) is 10.7. The summed E-state index contributed by atoms with van der Waals surface area (Å²) in [7, 11) is -3.71. The first-order chi connectivity index (χ1) is 12.7. The van der Waals surface area contributed by atoms with E-state index < -0.39 is 10.0 Å². The molecule has 0 spiro atoms. The van der Waals surface area contributed by atoms with Gasteiger partial charge in [0.25, 0.3) is 10.0 Å². The van der Waals surface area contributed by atoms with Crippen LogP contribution in [0.2, 0.25) is 0 Å². The predicted octanol–water partition coefficient (Wildman–Crippen LogP) is 3.87. The molecule has 5 nitrogen and oxygen atoms in total. The molecule has 0 aromatic heterocycles. The molecular weight excluding hydrogens is 360 g/mol. The molecule has 1 aliphatic heterocycles. The second-order valence-corrected chi connectivity index (χ2v) is 8.80. The lowest BCUT2D eigenvalue weighted by atomic mass is 9.95. The summed E-state index contributed by atoms with van der Waals surface area (Å²) in [5.41, 5.74) is 6.32. The van der Waals surface area contributed by atoms with Crippen LogP contribution in [0.15, 0.2) is 29.2 Å². The van der Waals surface area contributed by atoms with Crippen LogP contribution in [0.1, 0.15) is 27.8 Å². The van der Waals surface area contributed by atoms with Crippen LogP contribution in [0, 0.1) is 34.6 Å². The van der Waals surface area contributed by atoms with Gasteiger partial charge in [-0.2, -0.15) is 0 Å². The van der Waals surface area contributed by atoms with Gasteiger partial charge in [-0.1, -0.05) is 12.1 Å². The molecule has 2 aromatic carbocycles. The Labute approximate surface area is 162 Å². The molecule has 0 radical (unpaired) electrons. The Bertz CT molecular complexity index is 933. The monoisotopic (exact) mass is 388 g/mol. The van der Waals surface area contributed by atoms with E-state index >= 15 is 0 Å². The lowest BCUT2D eigenvalue weighted by Gasteiger charge is -2.30. The molecule has 1 saturated heterocycles. The molecule has 27 heavy (non-hydrogen) atoms. The lowest BCUT2D eigenvalue weighted by Crippen LogP contribution is -2.36. The number of anilines is 2. The molecule has 0 saturated carbocycles. The van der Waals surface area contributed by atoms with E-state index in [1.54, 1.807) is 0 Å². The third-order valence-electron chi connectivity index (χ3n) is 5.70. The highest BCUT2D eigenvalue weighted by Gasteiger charge is 2.25. The van der Waals surface area contributed by atoms with Crippen molar-refractivity contribution >= 4 is 21.4 Å². The number of ether oxygens (including phenoxy) is 1. The molecule has 1 fully saturated rings. The highest BCUT2D eigenvalue weighted by molar-refractivity contribution is 7.92. The Kier molecular flexibility index (Phi) is 5.49. The summed E-state index contributed by atoms with van der Waals surface area (Å²) in [6.07, 6.45) is 0. The summed E-state index contributed by atoms with van der Waals surface area (Å²) < 4.78 is 34.9. The van der Waals surface area contributed by atoms with Crippen LogP contribution in [0.25, 0.3) is 0 Å². The third-order valence-corrected chi connectivity index (χ3v) is 7.34. The fourth-order valence-corrected chi connectivity index (χ4v) is 5.38. The van der Waals surface area contributed by atoms with E-state index in [1.807, 2.05) is 58.9 Å². The van der Waals surface area contributed by atoms with Crippen molar-refractivity contribution in [1.29, 1.82) is 0 Å². The average Bonchev–Trinajstić information content (AvgIpc) is 2.65. The molecule has 2 aromatic rings. The average molecular weight is 389 g/mol. The third kappa shape index (κ3) is 3.69. The van der Waals surface area contributed by atoms with Crippen LogP contribution < -0.4 is 9.62 Å². The predicted molar refractivity (Wildman–Crippen MR) is 110 cm³/mol. The summed E-state index contributed by atoms with van der Waals surface area (Å²) in [6.45, 7) is 12.6. The maximum atomic E-state index is 13.3. The Morgan fingerprint density at radius 3 is 1.96 bits per heavy atom. The summed E-state index contributed by atoms with van der Waals surface area (Å²) in [6, 6.07) is 7.56. The van der Waals surface area contributed by atoms with Gasteiger partial charge in [0, 0.05) is 13.1 Å². The number of nitrogens with zero attached hydrogens (tertiary/aromatic N) is 1. The van der Waals surface area contributed by atoms with Gasteiger partial charge >= 0.3 is 0 Å². The fraction of sp³-hybridized carbons (Fsp3) is 0.429. The molecule has 1 aliphatic rings. The summed E-state index contributed by atoms with van der Waals surface area (Å²) in [4.78, 5) is 2.55. The van der Waals surface area contributed by atoms with Crippen LogP contribution in [0.4, 0.5) is 11.4 Å². The summed E-state index contributed by atoms with van der Waals surface area (Å²) >= 11 is 0. The number of morpholine rings is 1.